The molecule has 2 rings (SSSR count). The first-order valence-corrected chi connectivity index (χ1v) is 7.85. The Bertz CT molecular complexity index is 621. The molecule has 1 unspecified atom stereocenters. The van der Waals surface area contributed by atoms with Gasteiger partial charge in [0.15, 0.2) is 5.82 Å². The van der Waals surface area contributed by atoms with Crippen LogP contribution in [0.4, 0.5) is 5.82 Å². The van der Waals surface area contributed by atoms with E-state index in [1.165, 1.54) is 0 Å². The fraction of sp³-hybridized carbons (Fsp3) is 0.529. The van der Waals surface area contributed by atoms with E-state index in [2.05, 4.69) is 29.7 Å². The summed E-state index contributed by atoms with van der Waals surface area (Å²) in [5.41, 5.74) is 1.33. The van der Waals surface area contributed by atoms with Crippen LogP contribution in [0.2, 0.25) is 0 Å². The van der Waals surface area contributed by atoms with Gasteiger partial charge in [-0.3, -0.25) is 4.79 Å². The molecule has 1 atom stereocenters. The molecular weight excluding hydrogens is 276 g/mol. The molecule has 0 bridgehead atoms. The van der Waals surface area contributed by atoms with Crippen molar-refractivity contribution in [3.05, 3.63) is 24.4 Å². The Hall–Kier alpha value is -2.22. The third-order valence-electron chi connectivity index (χ3n) is 3.93. The molecule has 1 aromatic heterocycles. The van der Waals surface area contributed by atoms with Gasteiger partial charge >= 0.3 is 0 Å². The number of nitrogens with zero attached hydrogens (tertiary/aromatic N) is 4. The summed E-state index contributed by atoms with van der Waals surface area (Å²) in [6.45, 7) is 6.65. The number of hydrogen-bond acceptors (Lipinski definition) is 4. The molecule has 0 aliphatic heterocycles. The number of hydrogen-bond donors (Lipinski definition) is 0. The Morgan fingerprint density at radius 2 is 2.41 bits per heavy atom. The zero-order valence-corrected chi connectivity index (χ0v) is 13.1. The second kappa shape index (κ2) is 7.69. The van der Waals surface area contributed by atoms with Gasteiger partial charge in [0.1, 0.15) is 17.4 Å². The second-order valence-corrected chi connectivity index (χ2v) is 5.67. The van der Waals surface area contributed by atoms with E-state index in [0.717, 1.165) is 37.9 Å². The first-order valence-electron chi connectivity index (χ1n) is 7.85. The van der Waals surface area contributed by atoms with Crippen LogP contribution < -0.4 is 0 Å². The Morgan fingerprint density at radius 1 is 1.59 bits per heavy atom. The number of ketones is 1. The number of aryl methyl sites for hydroxylation is 1. The number of carbonyl (C=O) groups excluding carboxylic acids is 1. The van der Waals surface area contributed by atoms with Crippen molar-refractivity contribution in [2.45, 2.75) is 52.0 Å². The smallest absolute Gasteiger partial charge is 0.168 e. The number of unbranched alkanes of at least 4 members (excludes halogenated alkanes) is 2. The Morgan fingerprint density at radius 3 is 3.09 bits per heavy atom. The summed E-state index contributed by atoms with van der Waals surface area (Å²) in [6.07, 6.45) is 8.29. The maximum absolute atomic E-state index is 11.7. The van der Waals surface area contributed by atoms with E-state index in [-0.39, 0.29) is 11.7 Å². The summed E-state index contributed by atoms with van der Waals surface area (Å²) >= 11 is 0. The highest BCUT2D eigenvalue weighted by molar-refractivity contribution is 6.10. The van der Waals surface area contributed by atoms with E-state index in [9.17, 15) is 10.1 Å². The van der Waals surface area contributed by atoms with E-state index in [1.54, 1.807) is 10.9 Å². The van der Waals surface area contributed by atoms with Crippen molar-refractivity contribution in [3.63, 3.8) is 0 Å². The highest BCUT2D eigenvalue weighted by Crippen LogP contribution is 2.28. The minimum absolute atomic E-state index is 0.121. The minimum Gasteiger partial charge on any atom is -0.299 e. The lowest BCUT2D eigenvalue weighted by molar-refractivity contribution is -0.117. The number of rotatable bonds is 7. The molecule has 0 amide bonds. The van der Waals surface area contributed by atoms with E-state index >= 15 is 0 Å². The molecule has 1 fully saturated rings. The lowest BCUT2D eigenvalue weighted by atomic mass is 10.0. The van der Waals surface area contributed by atoms with Crippen LogP contribution in [-0.2, 0) is 11.3 Å². The normalized spacial score (nSPS) is 19.5. The largest absolute Gasteiger partial charge is 0.299 e. The molecule has 0 spiro atoms. The average Bonchev–Trinajstić information content (AvgIpc) is 3.04. The topological polar surface area (TPSA) is 71.0 Å². The summed E-state index contributed by atoms with van der Waals surface area (Å²) in [6, 6.07) is 2.14. The molecule has 5 heteroatoms. The van der Waals surface area contributed by atoms with Gasteiger partial charge in [0, 0.05) is 31.0 Å². The van der Waals surface area contributed by atoms with Gasteiger partial charge in [0.05, 0.1) is 6.20 Å². The van der Waals surface area contributed by atoms with Gasteiger partial charge in [0.25, 0.3) is 0 Å². The van der Waals surface area contributed by atoms with E-state index in [4.69, 9.17) is 0 Å². The number of nitriles is 1. The highest BCUT2D eigenvalue weighted by atomic mass is 16.1. The van der Waals surface area contributed by atoms with Crippen LogP contribution in [0.25, 0.3) is 0 Å². The standard InChI is InChI=1S/C17H22N4O/c1-3-5-6-8-21-17(14(11-18)12-19-21)20-16-10-15(22)9-13(16)7-4-2/h4,12-13H,2-3,5-10H2,1H3. The molecule has 1 aliphatic carbocycles. The Kier molecular flexibility index (Phi) is 5.65. The predicted molar refractivity (Wildman–Crippen MR) is 86.1 cm³/mol. The summed E-state index contributed by atoms with van der Waals surface area (Å²) in [7, 11) is 0. The first-order chi connectivity index (χ1) is 10.7. The molecule has 0 aromatic carbocycles. The van der Waals surface area contributed by atoms with Crippen molar-refractivity contribution in [2.75, 3.05) is 0 Å². The van der Waals surface area contributed by atoms with Gasteiger partial charge in [-0.05, 0) is 12.8 Å². The van der Waals surface area contributed by atoms with Gasteiger partial charge in [0.2, 0.25) is 0 Å². The van der Waals surface area contributed by atoms with Crippen LogP contribution >= 0.6 is 0 Å². The number of carbonyl (C=O) groups is 1. The van der Waals surface area contributed by atoms with E-state index < -0.39 is 0 Å². The van der Waals surface area contributed by atoms with Crippen molar-refractivity contribution >= 4 is 17.3 Å². The second-order valence-electron chi connectivity index (χ2n) is 5.67. The summed E-state index contributed by atoms with van der Waals surface area (Å²) in [5, 5.41) is 13.5. The molecule has 1 aliphatic rings. The third-order valence-corrected chi connectivity index (χ3v) is 3.93. The van der Waals surface area contributed by atoms with E-state index in [1.807, 2.05) is 6.08 Å². The van der Waals surface area contributed by atoms with Gasteiger partial charge in [-0.1, -0.05) is 25.8 Å². The first kappa shape index (κ1) is 16.2. The van der Waals surface area contributed by atoms with Gasteiger partial charge < -0.3 is 0 Å². The molecule has 5 nitrogen and oxygen atoms in total. The van der Waals surface area contributed by atoms with Crippen LogP contribution in [0.3, 0.4) is 0 Å². The SMILES string of the molecule is C=CCC1CC(=O)CC1=Nc1c(C#N)cnn1CCCCC. The molecule has 0 saturated heterocycles. The number of Topliss-reactive ketones (excluding diaryl/α,β-unsaturated/α-hetero) is 1. The lowest BCUT2D eigenvalue weighted by Crippen LogP contribution is -2.07. The zero-order chi connectivity index (χ0) is 15.9. The molecular formula is C17H22N4O. The van der Waals surface area contributed by atoms with Crippen LogP contribution in [0.1, 0.15) is 51.0 Å². The molecule has 1 saturated carbocycles. The molecule has 22 heavy (non-hydrogen) atoms. The van der Waals surface area contributed by atoms with Crippen molar-refractivity contribution in [2.24, 2.45) is 10.9 Å². The van der Waals surface area contributed by atoms with Crippen molar-refractivity contribution in [1.82, 2.24) is 9.78 Å². The van der Waals surface area contributed by atoms with Gasteiger partial charge in [-0.15, -0.1) is 6.58 Å². The lowest BCUT2D eigenvalue weighted by Gasteiger charge is -2.09. The van der Waals surface area contributed by atoms with E-state index in [0.29, 0.717) is 24.2 Å². The zero-order valence-electron chi connectivity index (χ0n) is 13.1. The van der Waals surface area contributed by atoms with Gasteiger partial charge in [-0.25, -0.2) is 9.67 Å². The minimum atomic E-state index is 0.121. The van der Waals surface area contributed by atoms with Crippen LogP contribution in [0.5, 0.6) is 0 Å². The van der Waals surface area contributed by atoms with Crippen LogP contribution in [0.15, 0.2) is 23.8 Å². The predicted octanol–water partition coefficient (Wildman–Crippen LogP) is 3.57. The molecule has 1 aromatic rings. The number of aromatic nitrogens is 2. The summed E-state index contributed by atoms with van der Waals surface area (Å²) in [4.78, 5) is 16.4. The number of aliphatic imine (C=N–C) groups is 1. The highest BCUT2D eigenvalue weighted by Gasteiger charge is 2.28. The maximum atomic E-state index is 11.7. The summed E-state index contributed by atoms with van der Waals surface area (Å²) in [5.74, 6) is 0.925. The van der Waals surface area contributed by atoms with Crippen molar-refractivity contribution in [3.8, 4) is 6.07 Å². The van der Waals surface area contributed by atoms with Gasteiger partial charge in [-0.2, -0.15) is 10.4 Å². The van der Waals surface area contributed by atoms with Crippen LogP contribution in [-0.4, -0.2) is 21.3 Å². The fourth-order valence-electron chi connectivity index (χ4n) is 2.75. The quantitative estimate of drug-likeness (QED) is 0.570. The average molecular weight is 298 g/mol. The molecule has 1 heterocycles. The number of allylic oxidation sites excluding steroid dienone is 1. The molecule has 0 N–H and O–H groups in total. The Balaban J connectivity index is 2.28. The van der Waals surface area contributed by atoms with Crippen molar-refractivity contribution < 1.29 is 4.79 Å². The van der Waals surface area contributed by atoms with Crippen LogP contribution in [0, 0.1) is 17.2 Å². The summed E-state index contributed by atoms with van der Waals surface area (Å²) < 4.78 is 1.79. The third kappa shape index (κ3) is 3.70. The monoisotopic (exact) mass is 298 g/mol. The molecule has 0 radical (unpaired) electrons. The van der Waals surface area contributed by atoms with Crippen molar-refractivity contribution in [1.29, 1.82) is 5.26 Å². The molecule has 116 valence electrons. The fourth-order valence-corrected chi connectivity index (χ4v) is 2.75. The Labute approximate surface area is 131 Å². The maximum Gasteiger partial charge on any atom is 0.168 e.